The van der Waals surface area contributed by atoms with E-state index in [1.54, 1.807) is 0 Å². The van der Waals surface area contributed by atoms with Crippen LogP contribution >= 0.6 is 11.6 Å². The Morgan fingerprint density at radius 1 is 1.43 bits per heavy atom. The summed E-state index contributed by atoms with van der Waals surface area (Å²) in [6, 6.07) is 4.28. The molecular weight excluding hydrogens is 319 g/mol. The zero-order valence-electron chi connectivity index (χ0n) is 11.6. The number of rotatable bonds is 6. The molecule has 0 N–H and O–H groups in total. The minimum absolute atomic E-state index is 0.0522. The normalized spacial score (nSPS) is 16.5. The summed E-state index contributed by atoms with van der Waals surface area (Å²) >= 11 is 5.64. The van der Waals surface area contributed by atoms with Crippen molar-refractivity contribution in [1.29, 1.82) is 0 Å². The van der Waals surface area contributed by atoms with Gasteiger partial charge >= 0.3 is 5.97 Å². The lowest BCUT2D eigenvalue weighted by Crippen LogP contribution is -2.22. The Bertz CT molecular complexity index is 653. The van der Waals surface area contributed by atoms with Crippen LogP contribution in [0.15, 0.2) is 18.2 Å². The van der Waals surface area contributed by atoms with E-state index in [1.807, 2.05) is 0 Å². The molecule has 1 aromatic rings. The Morgan fingerprint density at radius 2 is 2.10 bits per heavy atom. The SMILES string of the molecule is COC(=O)CC1(CS(=O)(=O)Cc2cccc(Cl)c2F)CC1. The molecule has 2 rings (SSSR count). The molecule has 0 heterocycles. The highest BCUT2D eigenvalue weighted by atomic mass is 35.5. The van der Waals surface area contributed by atoms with Gasteiger partial charge < -0.3 is 4.74 Å². The first kappa shape index (κ1) is 16.2. The maximum Gasteiger partial charge on any atom is 0.306 e. The van der Waals surface area contributed by atoms with Crippen LogP contribution in [-0.4, -0.2) is 27.2 Å². The molecule has 0 bridgehead atoms. The minimum atomic E-state index is -3.53. The molecule has 0 radical (unpaired) electrons. The molecular formula is C14H16ClFO4S. The topological polar surface area (TPSA) is 60.4 Å². The van der Waals surface area contributed by atoms with E-state index in [1.165, 1.54) is 25.3 Å². The largest absolute Gasteiger partial charge is 0.469 e. The molecule has 0 aromatic heterocycles. The van der Waals surface area contributed by atoms with Crippen molar-refractivity contribution in [3.8, 4) is 0 Å². The van der Waals surface area contributed by atoms with Crippen LogP contribution < -0.4 is 0 Å². The molecule has 1 aliphatic carbocycles. The van der Waals surface area contributed by atoms with Crippen molar-refractivity contribution in [3.63, 3.8) is 0 Å². The maximum absolute atomic E-state index is 13.8. The molecule has 7 heteroatoms. The van der Waals surface area contributed by atoms with Crippen molar-refractivity contribution in [1.82, 2.24) is 0 Å². The van der Waals surface area contributed by atoms with E-state index in [4.69, 9.17) is 11.6 Å². The molecule has 0 aliphatic heterocycles. The van der Waals surface area contributed by atoms with Crippen LogP contribution in [0.5, 0.6) is 0 Å². The van der Waals surface area contributed by atoms with E-state index >= 15 is 0 Å². The molecule has 0 saturated heterocycles. The van der Waals surface area contributed by atoms with Crippen LogP contribution in [0.25, 0.3) is 0 Å². The molecule has 1 fully saturated rings. The van der Waals surface area contributed by atoms with Crippen LogP contribution in [0.4, 0.5) is 4.39 Å². The van der Waals surface area contributed by atoms with E-state index in [9.17, 15) is 17.6 Å². The van der Waals surface area contributed by atoms with E-state index in [0.29, 0.717) is 12.8 Å². The van der Waals surface area contributed by atoms with Crippen molar-refractivity contribution in [2.75, 3.05) is 12.9 Å². The highest BCUT2D eigenvalue weighted by molar-refractivity contribution is 7.90. The zero-order chi connectivity index (χ0) is 15.7. The standard InChI is InChI=1S/C14H16ClFO4S/c1-20-12(17)7-14(5-6-14)9-21(18,19)8-10-3-2-4-11(15)13(10)16/h2-4H,5-9H2,1H3. The molecule has 0 unspecified atom stereocenters. The average molecular weight is 335 g/mol. The number of hydrogen-bond donors (Lipinski definition) is 0. The summed E-state index contributed by atoms with van der Waals surface area (Å²) in [7, 11) is -2.26. The van der Waals surface area contributed by atoms with Gasteiger partial charge in [-0.05, 0) is 24.3 Å². The van der Waals surface area contributed by atoms with Crippen LogP contribution in [0.3, 0.4) is 0 Å². The number of ether oxygens (including phenoxy) is 1. The average Bonchev–Trinajstić information content (AvgIpc) is 3.13. The number of hydrogen-bond acceptors (Lipinski definition) is 4. The number of carbonyl (C=O) groups is 1. The monoisotopic (exact) mass is 334 g/mol. The first-order valence-electron chi connectivity index (χ1n) is 6.47. The van der Waals surface area contributed by atoms with Crippen LogP contribution in [0, 0.1) is 11.2 Å². The smallest absolute Gasteiger partial charge is 0.306 e. The Morgan fingerprint density at radius 3 is 2.67 bits per heavy atom. The quantitative estimate of drug-likeness (QED) is 0.750. The van der Waals surface area contributed by atoms with Gasteiger partial charge in [-0.25, -0.2) is 12.8 Å². The van der Waals surface area contributed by atoms with Gasteiger partial charge in [-0.2, -0.15) is 0 Å². The fourth-order valence-corrected chi connectivity index (χ4v) is 4.66. The summed E-state index contributed by atoms with van der Waals surface area (Å²) in [5.41, 5.74) is -0.489. The van der Waals surface area contributed by atoms with Crippen LogP contribution in [-0.2, 0) is 25.1 Å². The van der Waals surface area contributed by atoms with E-state index < -0.39 is 32.8 Å². The first-order chi connectivity index (χ1) is 9.77. The van der Waals surface area contributed by atoms with Crippen molar-refractivity contribution in [3.05, 3.63) is 34.6 Å². The second kappa shape index (κ2) is 5.93. The number of sulfone groups is 1. The number of carbonyl (C=O) groups excluding carboxylic acids is 1. The lowest BCUT2D eigenvalue weighted by atomic mass is 10.1. The molecule has 0 spiro atoms. The van der Waals surface area contributed by atoms with Gasteiger partial charge in [0.2, 0.25) is 0 Å². The second-order valence-corrected chi connectivity index (χ2v) is 7.97. The predicted octanol–water partition coefficient (Wildman–Crippen LogP) is 2.74. The van der Waals surface area contributed by atoms with E-state index in [-0.39, 0.29) is 22.8 Å². The highest BCUT2D eigenvalue weighted by Gasteiger charge is 2.47. The third-order valence-electron chi connectivity index (χ3n) is 3.64. The summed E-state index contributed by atoms with van der Waals surface area (Å²) < 4.78 is 42.8. The van der Waals surface area contributed by atoms with Gasteiger partial charge in [0.25, 0.3) is 0 Å². The second-order valence-electron chi connectivity index (χ2n) is 5.50. The highest BCUT2D eigenvalue weighted by Crippen LogP contribution is 2.50. The molecule has 0 atom stereocenters. The molecule has 1 aromatic carbocycles. The number of halogens is 2. The van der Waals surface area contributed by atoms with E-state index in [0.717, 1.165) is 0 Å². The third-order valence-corrected chi connectivity index (χ3v) is 5.73. The van der Waals surface area contributed by atoms with Gasteiger partial charge in [0, 0.05) is 5.56 Å². The van der Waals surface area contributed by atoms with Gasteiger partial charge in [-0.3, -0.25) is 4.79 Å². The number of methoxy groups -OCH3 is 1. The van der Waals surface area contributed by atoms with Gasteiger partial charge in [-0.15, -0.1) is 0 Å². The van der Waals surface area contributed by atoms with Crippen molar-refractivity contribution < 1.29 is 22.3 Å². The molecule has 4 nitrogen and oxygen atoms in total. The Hall–Kier alpha value is -1.14. The lowest BCUT2D eigenvalue weighted by molar-refractivity contribution is -0.141. The van der Waals surface area contributed by atoms with Gasteiger partial charge in [0.15, 0.2) is 9.84 Å². The summed E-state index contributed by atoms with van der Waals surface area (Å²) in [5.74, 6) is -1.68. The summed E-state index contributed by atoms with van der Waals surface area (Å²) in [6.45, 7) is 0. The molecule has 1 aliphatic rings. The van der Waals surface area contributed by atoms with Crippen LogP contribution in [0.1, 0.15) is 24.8 Å². The van der Waals surface area contributed by atoms with Crippen molar-refractivity contribution in [2.24, 2.45) is 5.41 Å². The van der Waals surface area contributed by atoms with Crippen molar-refractivity contribution >= 4 is 27.4 Å². The molecule has 0 amide bonds. The van der Waals surface area contributed by atoms with Gasteiger partial charge in [0.05, 0.1) is 30.1 Å². The summed E-state index contributed by atoms with van der Waals surface area (Å²) in [6.07, 6.45) is 1.42. The third kappa shape index (κ3) is 4.17. The zero-order valence-corrected chi connectivity index (χ0v) is 13.1. The Kier molecular flexibility index (Phi) is 4.58. The first-order valence-corrected chi connectivity index (χ1v) is 8.67. The molecule has 116 valence electrons. The fourth-order valence-electron chi connectivity index (χ4n) is 2.34. The lowest BCUT2D eigenvalue weighted by Gasteiger charge is -2.14. The minimum Gasteiger partial charge on any atom is -0.469 e. The fraction of sp³-hybridized carbons (Fsp3) is 0.500. The number of esters is 1. The molecule has 1 saturated carbocycles. The molecule has 21 heavy (non-hydrogen) atoms. The summed E-state index contributed by atoms with van der Waals surface area (Å²) in [5, 5.41) is -0.0987. The van der Waals surface area contributed by atoms with Gasteiger partial charge in [-0.1, -0.05) is 23.7 Å². The Balaban J connectivity index is 2.09. The number of benzene rings is 1. The van der Waals surface area contributed by atoms with Gasteiger partial charge in [0.1, 0.15) is 5.82 Å². The van der Waals surface area contributed by atoms with Crippen molar-refractivity contribution in [2.45, 2.75) is 25.0 Å². The Labute approximate surface area is 128 Å². The maximum atomic E-state index is 13.8. The van der Waals surface area contributed by atoms with E-state index in [2.05, 4.69) is 4.74 Å². The predicted molar refractivity (Wildman–Crippen MR) is 77.2 cm³/mol. The summed E-state index contributed by atoms with van der Waals surface area (Å²) in [4.78, 5) is 11.3. The van der Waals surface area contributed by atoms with Crippen LogP contribution in [0.2, 0.25) is 5.02 Å².